The van der Waals surface area contributed by atoms with Gasteiger partial charge >= 0.3 is 0 Å². The average molecular weight is 524 g/mol. The quantitative estimate of drug-likeness (QED) is 0.170. The molecule has 5 aromatic carbocycles. The number of hydrogen-bond acceptors (Lipinski definition) is 5. The zero-order valence-electron chi connectivity index (χ0n) is 20.3. The van der Waals surface area contributed by atoms with Gasteiger partial charge in [-0.3, -0.25) is 14.4 Å². The van der Waals surface area contributed by atoms with Gasteiger partial charge in [0.2, 0.25) is 10.9 Å². The number of benzene rings is 5. The fourth-order valence-electron chi connectivity index (χ4n) is 5.69. The average Bonchev–Trinajstić information content (AvgIpc) is 2.98. The normalized spacial score (nSPS) is 11.9. The molecular formula is C33H17NO4S. The highest BCUT2D eigenvalue weighted by molar-refractivity contribution is 7.25. The summed E-state index contributed by atoms with van der Waals surface area (Å²) in [6.07, 6.45) is 0. The summed E-state index contributed by atoms with van der Waals surface area (Å²) in [5.41, 5.74) is 1.73. The molecule has 184 valence electrons. The van der Waals surface area contributed by atoms with Gasteiger partial charge in [-0.15, -0.1) is 11.3 Å². The first-order chi connectivity index (χ1) is 19.1. The Balaban J connectivity index is 1.84. The Labute approximate surface area is 223 Å². The number of fused-ring (bicyclic) bond motifs is 9. The van der Waals surface area contributed by atoms with Gasteiger partial charge in [-0.1, -0.05) is 54.6 Å². The Bertz CT molecular complexity index is 2440. The summed E-state index contributed by atoms with van der Waals surface area (Å²) in [7, 11) is 0. The highest BCUT2D eigenvalue weighted by Crippen LogP contribution is 2.38. The molecule has 3 aromatic heterocycles. The van der Waals surface area contributed by atoms with Gasteiger partial charge in [0.1, 0.15) is 5.58 Å². The predicted octanol–water partition coefficient (Wildman–Crippen LogP) is 7.13. The number of hydrogen-bond donors (Lipinski definition) is 0. The molecular weight excluding hydrogens is 506 g/mol. The smallest absolute Gasteiger partial charge is 0.202 e. The minimum atomic E-state index is -0.282. The number of rotatable bonds is 1. The Morgan fingerprint density at radius 2 is 1.18 bits per heavy atom. The van der Waals surface area contributed by atoms with Crippen molar-refractivity contribution in [2.24, 2.45) is 0 Å². The lowest BCUT2D eigenvalue weighted by atomic mass is 10.0. The number of para-hydroxylation sites is 3. The molecule has 0 saturated heterocycles. The molecule has 0 unspecified atom stereocenters. The number of pyridine rings is 1. The summed E-state index contributed by atoms with van der Waals surface area (Å²) in [4.78, 5) is 42.6. The van der Waals surface area contributed by atoms with Crippen molar-refractivity contribution in [2.45, 2.75) is 0 Å². The fourth-order valence-corrected chi connectivity index (χ4v) is 6.90. The van der Waals surface area contributed by atoms with E-state index in [1.54, 1.807) is 36.4 Å². The first-order valence-electron chi connectivity index (χ1n) is 12.5. The van der Waals surface area contributed by atoms with Crippen LogP contribution in [0.2, 0.25) is 0 Å². The molecule has 8 rings (SSSR count). The molecule has 8 aromatic rings. The van der Waals surface area contributed by atoms with Gasteiger partial charge in [0.25, 0.3) is 0 Å². The summed E-state index contributed by atoms with van der Waals surface area (Å²) >= 11 is 1.37. The van der Waals surface area contributed by atoms with Crippen LogP contribution in [0, 0.1) is 0 Å². The van der Waals surface area contributed by atoms with Crippen molar-refractivity contribution in [2.75, 3.05) is 0 Å². The third-order valence-electron chi connectivity index (χ3n) is 7.38. The van der Waals surface area contributed by atoms with Crippen LogP contribution in [0.25, 0.3) is 69.6 Å². The molecule has 0 radical (unpaired) electrons. The summed E-state index contributed by atoms with van der Waals surface area (Å²) < 4.78 is 9.64. The number of aromatic nitrogens is 1. The minimum Gasteiger partial charge on any atom is -0.455 e. The van der Waals surface area contributed by atoms with Crippen LogP contribution < -0.4 is 16.3 Å². The Kier molecular flexibility index (Phi) is 4.48. The SMILES string of the molecule is O=c1c2ccccc2oc2c1c1sc3ccccc3c(=O)c1c1c2c(=O)c2ccccc2n1-c1ccccc1. The third-order valence-corrected chi connectivity index (χ3v) is 8.57. The lowest BCUT2D eigenvalue weighted by Gasteiger charge is -2.18. The maximum atomic E-state index is 14.3. The van der Waals surface area contributed by atoms with Crippen LogP contribution in [-0.4, -0.2) is 4.57 Å². The Hall–Kier alpha value is -5.07. The van der Waals surface area contributed by atoms with Gasteiger partial charge in [0, 0.05) is 21.2 Å². The van der Waals surface area contributed by atoms with Crippen molar-refractivity contribution in [1.82, 2.24) is 4.57 Å². The maximum Gasteiger partial charge on any atom is 0.202 e. The van der Waals surface area contributed by atoms with Crippen LogP contribution in [0.15, 0.2) is 122 Å². The van der Waals surface area contributed by atoms with E-state index in [9.17, 15) is 14.4 Å². The third kappa shape index (κ3) is 2.92. The highest BCUT2D eigenvalue weighted by Gasteiger charge is 2.25. The molecule has 39 heavy (non-hydrogen) atoms. The van der Waals surface area contributed by atoms with Crippen LogP contribution in [0.5, 0.6) is 0 Å². The minimum absolute atomic E-state index is 0.201. The van der Waals surface area contributed by atoms with Crippen molar-refractivity contribution in [3.8, 4) is 5.69 Å². The van der Waals surface area contributed by atoms with Gasteiger partial charge in [-0.2, -0.15) is 0 Å². The monoisotopic (exact) mass is 523 g/mol. The molecule has 0 atom stereocenters. The van der Waals surface area contributed by atoms with E-state index in [0.29, 0.717) is 42.9 Å². The molecule has 0 saturated carbocycles. The Morgan fingerprint density at radius 1 is 0.564 bits per heavy atom. The maximum absolute atomic E-state index is 14.3. The molecule has 5 nitrogen and oxygen atoms in total. The molecule has 0 aliphatic heterocycles. The summed E-state index contributed by atoms with van der Waals surface area (Å²) in [6, 6.07) is 31.4. The summed E-state index contributed by atoms with van der Waals surface area (Å²) in [5, 5.41) is 2.25. The topological polar surface area (TPSA) is 69.3 Å². The van der Waals surface area contributed by atoms with Crippen molar-refractivity contribution in [3.63, 3.8) is 0 Å². The second kappa shape index (κ2) is 7.96. The van der Waals surface area contributed by atoms with Gasteiger partial charge < -0.3 is 8.98 Å². The second-order valence-electron chi connectivity index (χ2n) is 9.50. The zero-order chi connectivity index (χ0) is 26.2. The van der Waals surface area contributed by atoms with E-state index in [0.717, 1.165) is 10.4 Å². The lowest BCUT2D eigenvalue weighted by Crippen LogP contribution is -2.16. The van der Waals surface area contributed by atoms with Crippen LogP contribution in [0.3, 0.4) is 0 Å². The zero-order valence-corrected chi connectivity index (χ0v) is 21.1. The van der Waals surface area contributed by atoms with Crippen LogP contribution in [0.1, 0.15) is 0 Å². The molecule has 3 heterocycles. The van der Waals surface area contributed by atoms with E-state index in [-0.39, 0.29) is 32.6 Å². The molecule has 0 aliphatic carbocycles. The molecule has 6 heteroatoms. The molecule has 0 spiro atoms. The van der Waals surface area contributed by atoms with Crippen molar-refractivity contribution >= 4 is 75.3 Å². The molecule has 0 bridgehead atoms. The predicted molar refractivity (Wildman–Crippen MR) is 160 cm³/mol. The van der Waals surface area contributed by atoms with E-state index >= 15 is 0 Å². The van der Waals surface area contributed by atoms with Crippen LogP contribution >= 0.6 is 11.3 Å². The van der Waals surface area contributed by atoms with Gasteiger partial charge in [-0.05, 0) is 48.5 Å². The first-order valence-corrected chi connectivity index (χ1v) is 13.3. The van der Waals surface area contributed by atoms with Crippen molar-refractivity contribution in [1.29, 1.82) is 0 Å². The van der Waals surface area contributed by atoms with E-state index in [2.05, 4.69) is 0 Å². The largest absolute Gasteiger partial charge is 0.455 e. The fraction of sp³-hybridized carbons (Fsp3) is 0. The van der Waals surface area contributed by atoms with Gasteiger partial charge in [-0.25, -0.2) is 0 Å². The van der Waals surface area contributed by atoms with Crippen LogP contribution in [-0.2, 0) is 0 Å². The van der Waals surface area contributed by atoms with Gasteiger partial charge in [0.15, 0.2) is 11.0 Å². The number of nitrogens with zero attached hydrogens (tertiary/aromatic N) is 1. The molecule has 0 fully saturated rings. The summed E-state index contributed by atoms with van der Waals surface area (Å²) in [5.74, 6) is 0. The van der Waals surface area contributed by atoms with Crippen LogP contribution in [0.4, 0.5) is 0 Å². The summed E-state index contributed by atoms with van der Waals surface area (Å²) in [6.45, 7) is 0. The van der Waals surface area contributed by atoms with E-state index in [1.165, 1.54) is 11.3 Å². The lowest BCUT2D eigenvalue weighted by molar-refractivity contribution is 0.664. The molecule has 0 N–H and O–H groups in total. The molecule has 0 aliphatic rings. The van der Waals surface area contributed by atoms with Crippen molar-refractivity contribution in [3.05, 3.63) is 134 Å². The molecule has 0 amide bonds. The standard InChI is InChI=1S/C33H17NO4S/c35-29-19-12-4-7-15-22(19)34(18-10-2-1-3-11-18)28-25(29)32-27(30(36)20-13-5-8-16-23(20)38-32)33-26(28)31(37)21-14-6-9-17-24(21)39-33/h1-17H. The van der Waals surface area contributed by atoms with E-state index in [1.807, 2.05) is 71.3 Å². The first kappa shape index (κ1) is 22.0. The van der Waals surface area contributed by atoms with Crippen molar-refractivity contribution < 1.29 is 4.42 Å². The Morgan fingerprint density at radius 3 is 2.00 bits per heavy atom. The van der Waals surface area contributed by atoms with E-state index in [4.69, 9.17) is 4.42 Å². The second-order valence-corrected chi connectivity index (χ2v) is 10.6. The van der Waals surface area contributed by atoms with Gasteiger partial charge in [0.05, 0.1) is 37.3 Å². The van der Waals surface area contributed by atoms with E-state index < -0.39 is 0 Å². The highest BCUT2D eigenvalue weighted by atomic mass is 32.1.